The Morgan fingerprint density at radius 2 is 2.31 bits per heavy atom. The van der Waals surface area contributed by atoms with Crippen molar-refractivity contribution in [2.24, 2.45) is 5.73 Å². The van der Waals surface area contributed by atoms with Gasteiger partial charge in [-0.2, -0.15) is 4.98 Å². The summed E-state index contributed by atoms with van der Waals surface area (Å²) in [4.78, 5) is 5.93. The molecule has 3 N–H and O–H groups in total. The lowest BCUT2D eigenvalue weighted by Crippen LogP contribution is -2.15. The number of hydrogen-bond acceptors (Lipinski definition) is 6. The summed E-state index contributed by atoms with van der Waals surface area (Å²) in [5, 5.41) is 12.4. The Balaban J connectivity index is 2.63. The van der Waals surface area contributed by atoms with E-state index in [0.29, 0.717) is 12.4 Å². The maximum Gasteiger partial charge on any atom is 0.245 e. The van der Waals surface area contributed by atoms with E-state index in [1.54, 1.807) is 0 Å². The van der Waals surface area contributed by atoms with Gasteiger partial charge in [-0.25, -0.2) is 0 Å². The fourth-order valence-corrected chi connectivity index (χ4v) is 0.843. The van der Waals surface area contributed by atoms with Gasteiger partial charge in [-0.15, -0.1) is 0 Å². The molecule has 1 atom stereocenters. The minimum Gasteiger partial charge on any atom is -0.394 e. The number of aliphatic hydroxyl groups is 1. The molecule has 1 unspecified atom stereocenters. The van der Waals surface area contributed by atoms with E-state index >= 15 is 0 Å². The largest absolute Gasteiger partial charge is 0.394 e. The highest BCUT2D eigenvalue weighted by molar-refractivity contribution is 4.91. The van der Waals surface area contributed by atoms with E-state index in [1.165, 1.54) is 0 Å². The van der Waals surface area contributed by atoms with E-state index in [-0.39, 0.29) is 12.5 Å². The van der Waals surface area contributed by atoms with Gasteiger partial charge in [0.25, 0.3) is 0 Å². The van der Waals surface area contributed by atoms with Gasteiger partial charge < -0.3 is 20.3 Å². The zero-order chi connectivity index (χ0) is 9.84. The highest BCUT2D eigenvalue weighted by atomic mass is 16.5. The van der Waals surface area contributed by atoms with Crippen molar-refractivity contribution in [2.75, 3.05) is 20.7 Å². The molecular weight excluding hydrogens is 172 g/mol. The van der Waals surface area contributed by atoms with Crippen LogP contribution in [-0.4, -0.2) is 40.8 Å². The van der Waals surface area contributed by atoms with Crippen molar-refractivity contribution < 1.29 is 9.63 Å². The summed E-state index contributed by atoms with van der Waals surface area (Å²) in [6.07, 6.45) is 0. The third-order valence-corrected chi connectivity index (χ3v) is 1.46. The zero-order valence-corrected chi connectivity index (χ0v) is 7.77. The molecule has 6 heteroatoms. The standard InChI is InChI=1S/C7H14N4O2/c1-11(2)3-6-9-7(13-10-6)5(8)4-12/h5,12H,3-4,8H2,1-2H3. The second kappa shape index (κ2) is 4.31. The van der Waals surface area contributed by atoms with Crippen LogP contribution in [0.2, 0.25) is 0 Å². The van der Waals surface area contributed by atoms with E-state index in [0.717, 1.165) is 0 Å². The van der Waals surface area contributed by atoms with E-state index in [9.17, 15) is 0 Å². The lowest BCUT2D eigenvalue weighted by atomic mass is 10.3. The van der Waals surface area contributed by atoms with Crippen molar-refractivity contribution in [1.29, 1.82) is 0 Å². The molecule has 6 nitrogen and oxygen atoms in total. The fourth-order valence-electron chi connectivity index (χ4n) is 0.843. The number of hydrogen-bond donors (Lipinski definition) is 2. The molecule has 1 heterocycles. The van der Waals surface area contributed by atoms with Crippen molar-refractivity contribution in [2.45, 2.75) is 12.6 Å². The summed E-state index contributed by atoms with van der Waals surface area (Å²) in [7, 11) is 3.81. The Kier molecular flexibility index (Phi) is 3.35. The van der Waals surface area contributed by atoms with Gasteiger partial charge in [0.2, 0.25) is 5.89 Å². The number of rotatable bonds is 4. The van der Waals surface area contributed by atoms with Crippen LogP contribution >= 0.6 is 0 Å². The first-order chi connectivity index (χ1) is 6.13. The lowest BCUT2D eigenvalue weighted by Gasteiger charge is -2.03. The van der Waals surface area contributed by atoms with Gasteiger partial charge in [0, 0.05) is 0 Å². The van der Waals surface area contributed by atoms with Crippen LogP contribution in [0.4, 0.5) is 0 Å². The Labute approximate surface area is 76.3 Å². The minimum atomic E-state index is -0.580. The Bertz CT molecular complexity index is 261. The molecule has 1 aromatic heterocycles. The van der Waals surface area contributed by atoms with E-state index in [4.69, 9.17) is 15.4 Å². The molecule has 13 heavy (non-hydrogen) atoms. The van der Waals surface area contributed by atoms with E-state index in [1.807, 2.05) is 19.0 Å². The first-order valence-electron chi connectivity index (χ1n) is 3.97. The first-order valence-corrected chi connectivity index (χ1v) is 3.97. The Morgan fingerprint density at radius 1 is 1.62 bits per heavy atom. The number of nitrogens with two attached hydrogens (primary N) is 1. The molecule has 74 valence electrons. The van der Waals surface area contributed by atoms with Gasteiger partial charge in [0.05, 0.1) is 13.2 Å². The molecule has 1 aromatic rings. The summed E-state index contributed by atoms with van der Waals surface area (Å²) >= 11 is 0. The molecule has 0 amide bonds. The van der Waals surface area contributed by atoms with Crippen LogP contribution in [0.15, 0.2) is 4.52 Å². The average molecular weight is 186 g/mol. The zero-order valence-electron chi connectivity index (χ0n) is 7.77. The molecule has 0 spiro atoms. The summed E-state index contributed by atoms with van der Waals surface area (Å²) < 4.78 is 4.85. The summed E-state index contributed by atoms with van der Waals surface area (Å²) in [6, 6.07) is -0.580. The smallest absolute Gasteiger partial charge is 0.245 e. The topological polar surface area (TPSA) is 88.4 Å². The molecular formula is C7H14N4O2. The molecule has 0 aromatic carbocycles. The molecule has 0 bridgehead atoms. The number of aliphatic hydroxyl groups excluding tert-OH is 1. The maximum atomic E-state index is 8.72. The SMILES string of the molecule is CN(C)Cc1noc(C(N)CO)n1. The van der Waals surface area contributed by atoms with E-state index in [2.05, 4.69) is 10.1 Å². The minimum absolute atomic E-state index is 0.191. The van der Waals surface area contributed by atoms with Gasteiger partial charge in [0.15, 0.2) is 5.82 Å². The van der Waals surface area contributed by atoms with Crippen molar-refractivity contribution in [3.8, 4) is 0 Å². The van der Waals surface area contributed by atoms with E-state index < -0.39 is 6.04 Å². The molecule has 0 aliphatic carbocycles. The first kappa shape index (κ1) is 10.1. The van der Waals surface area contributed by atoms with Crippen LogP contribution < -0.4 is 5.73 Å². The van der Waals surface area contributed by atoms with Crippen LogP contribution in [-0.2, 0) is 6.54 Å². The highest BCUT2D eigenvalue weighted by Gasteiger charge is 2.13. The monoisotopic (exact) mass is 186 g/mol. The normalized spacial score (nSPS) is 13.6. The molecule has 0 saturated carbocycles. The van der Waals surface area contributed by atoms with Gasteiger partial charge in [-0.1, -0.05) is 5.16 Å². The second-order valence-corrected chi connectivity index (χ2v) is 3.08. The van der Waals surface area contributed by atoms with Gasteiger partial charge >= 0.3 is 0 Å². The van der Waals surface area contributed by atoms with Crippen LogP contribution in [0.5, 0.6) is 0 Å². The van der Waals surface area contributed by atoms with Gasteiger partial charge in [0.1, 0.15) is 6.04 Å². The molecule has 0 aliphatic heterocycles. The highest BCUT2D eigenvalue weighted by Crippen LogP contribution is 2.06. The van der Waals surface area contributed by atoms with Crippen molar-refractivity contribution >= 4 is 0 Å². The van der Waals surface area contributed by atoms with Crippen molar-refractivity contribution in [1.82, 2.24) is 15.0 Å². The quantitative estimate of drug-likeness (QED) is 0.635. The van der Waals surface area contributed by atoms with Crippen molar-refractivity contribution in [3.05, 3.63) is 11.7 Å². The molecule has 0 fully saturated rings. The summed E-state index contributed by atoms with van der Waals surface area (Å²) in [5.74, 6) is 0.850. The molecule has 0 aliphatic rings. The number of aromatic nitrogens is 2. The Morgan fingerprint density at radius 3 is 2.85 bits per heavy atom. The molecule has 1 rings (SSSR count). The van der Waals surface area contributed by atoms with Crippen LogP contribution in [0.3, 0.4) is 0 Å². The average Bonchev–Trinajstić information content (AvgIpc) is 2.50. The van der Waals surface area contributed by atoms with Crippen molar-refractivity contribution in [3.63, 3.8) is 0 Å². The third-order valence-electron chi connectivity index (χ3n) is 1.46. The molecule has 0 saturated heterocycles. The van der Waals surface area contributed by atoms with Gasteiger partial charge in [-0.3, -0.25) is 0 Å². The predicted molar refractivity (Wildman–Crippen MR) is 45.7 cm³/mol. The second-order valence-electron chi connectivity index (χ2n) is 3.08. The van der Waals surface area contributed by atoms with Crippen LogP contribution in [0, 0.1) is 0 Å². The lowest BCUT2D eigenvalue weighted by molar-refractivity contribution is 0.236. The van der Waals surface area contributed by atoms with Crippen LogP contribution in [0.25, 0.3) is 0 Å². The summed E-state index contributed by atoms with van der Waals surface area (Å²) in [5.41, 5.74) is 5.48. The predicted octanol–water partition coefficient (Wildman–Crippen LogP) is -0.877. The molecule has 0 radical (unpaired) electrons. The summed E-state index contributed by atoms with van der Waals surface area (Å²) in [6.45, 7) is 0.408. The number of nitrogens with zero attached hydrogens (tertiary/aromatic N) is 3. The maximum absolute atomic E-state index is 8.72. The fraction of sp³-hybridized carbons (Fsp3) is 0.714. The van der Waals surface area contributed by atoms with Crippen LogP contribution in [0.1, 0.15) is 17.8 Å². The third kappa shape index (κ3) is 2.76. The Hall–Kier alpha value is -0.980. The van der Waals surface area contributed by atoms with Gasteiger partial charge in [-0.05, 0) is 14.1 Å².